The van der Waals surface area contributed by atoms with Crippen molar-refractivity contribution in [1.29, 1.82) is 0 Å². The standard InChI is InChI=1S/C15H19NOS/c17-14-7-5-6-12-10-13(18-15(12)14)11-16-8-3-1-2-4-9-16/h5-7,10,17H,1-4,8-9,11H2. The fourth-order valence-electron chi connectivity index (χ4n) is 2.69. The minimum absolute atomic E-state index is 0.416. The van der Waals surface area contributed by atoms with E-state index >= 15 is 0 Å². The first-order valence-electron chi connectivity index (χ1n) is 6.76. The molecule has 2 heterocycles. The molecule has 0 amide bonds. The van der Waals surface area contributed by atoms with Gasteiger partial charge in [-0.2, -0.15) is 0 Å². The smallest absolute Gasteiger partial charge is 0.133 e. The molecule has 1 aliphatic heterocycles. The van der Waals surface area contributed by atoms with Gasteiger partial charge in [-0.1, -0.05) is 25.0 Å². The molecule has 0 radical (unpaired) electrons. The summed E-state index contributed by atoms with van der Waals surface area (Å²) in [5.41, 5.74) is 0. The fourth-order valence-corrected chi connectivity index (χ4v) is 3.81. The van der Waals surface area contributed by atoms with E-state index in [1.165, 1.54) is 49.0 Å². The molecule has 96 valence electrons. The van der Waals surface area contributed by atoms with Crippen LogP contribution in [0.15, 0.2) is 24.3 Å². The highest BCUT2D eigenvalue weighted by Crippen LogP contribution is 2.33. The minimum atomic E-state index is 0.416. The SMILES string of the molecule is Oc1cccc2cc(CN3CCCCCC3)sc12. The van der Waals surface area contributed by atoms with Crippen molar-refractivity contribution in [2.75, 3.05) is 13.1 Å². The molecule has 3 heteroatoms. The van der Waals surface area contributed by atoms with Crippen molar-refractivity contribution >= 4 is 21.4 Å². The van der Waals surface area contributed by atoms with E-state index in [1.54, 1.807) is 17.4 Å². The van der Waals surface area contributed by atoms with E-state index in [0.29, 0.717) is 5.75 Å². The average Bonchev–Trinajstić information content (AvgIpc) is 2.60. The zero-order valence-electron chi connectivity index (χ0n) is 10.6. The Morgan fingerprint density at radius 3 is 2.61 bits per heavy atom. The normalized spacial score (nSPS) is 18.0. The Balaban J connectivity index is 1.79. The highest BCUT2D eigenvalue weighted by Gasteiger charge is 2.12. The van der Waals surface area contributed by atoms with Gasteiger partial charge in [-0.15, -0.1) is 11.3 Å². The van der Waals surface area contributed by atoms with Crippen molar-refractivity contribution in [2.24, 2.45) is 0 Å². The topological polar surface area (TPSA) is 23.5 Å². The summed E-state index contributed by atoms with van der Waals surface area (Å²) in [7, 11) is 0. The Morgan fingerprint density at radius 1 is 1.11 bits per heavy atom. The minimum Gasteiger partial charge on any atom is -0.506 e. The van der Waals surface area contributed by atoms with Gasteiger partial charge in [0.2, 0.25) is 0 Å². The number of phenolic OH excluding ortho intramolecular Hbond substituents is 1. The van der Waals surface area contributed by atoms with E-state index in [2.05, 4.69) is 17.0 Å². The lowest BCUT2D eigenvalue weighted by atomic mass is 10.2. The Morgan fingerprint density at radius 2 is 1.89 bits per heavy atom. The van der Waals surface area contributed by atoms with Crippen LogP contribution in [-0.4, -0.2) is 23.1 Å². The van der Waals surface area contributed by atoms with Crippen LogP contribution in [0.3, 0.4) is 0 Å². The monoisotopic (exact) mass is 261 g/mol. The lowest BCUT2D eigenvalue weighted by molar-refractivity contribution is 0.279. The van der Waals surface area contributed by atoms with Crippen LogP contribution >= 0.6 is 11.3 Å². The number of phenols is 1. The molecule has 1 aliphatic rings. The molecule has 18 heavy (non-hydrogen) atoms. The molecule has 1 aromatic carbocycles. The number of fused-ring (bicyclic) bond motifs is 1. The van der Waals surface area contributed by atoms with Crippen LogP contribution in [0.25, 0.3) is 10.1 Å². The summed E-state index contributed by atoms with van der Waals surface area (Å²) in [4.78, 5) is 3.92. The van der Waals surface area contributed by atoms with E-state index in [0.717, 1.165) is 11.2 Å². The zero-order valence-corrected chi connectivity index (χ0v) is 11.4. The summed E-state index contributed by atoms with van der Waals surface area (Å²) in [6.45, 7) is 3.49. The maximum atomic E-state index is 9.83. The number of benzene rings is 1. The number of hydrogen-bond acceptors (Lipinski definition) is 3. The number of aromatic hydroxyl groups is 1. The number of hydrogen-bond donors (Lipinski definition) is 1. The van der Waals surface area contributed by atoms with Crippen LogP contribution in [0, 0.1) is 0 Å². The maximum Gasteiger partial charge on any atom is 0.133 e. The Kier molecular flexibility index (Phi) is 3.52. The van der Waals surface area contributed by atoms with E-state index in [-0.39, 0.29) is 0 Å². The van der Waals surface area contributed by atoms with Gasteiger partial charge in [-0.3, -0.25) is 4.90 Å². The van der Waals surface area contributed by atoms with E-state index in [9.17, 15) is 5.11 Å². The van der Waals surface area contributed by atoms with Gasteiger partial charge in [-0.25, -0.2) is 0 Å². The Hall–Kier alpha value is -1.06. The maximum absolute atomic E-state index is 9.83. The summed E-state index contributed by atoms with van der Waals surface area (Å²) in [5.74, 6) is 0.416. The summed E-state index contributed by atoms with van der Waals surface area (Å²) < 4.78 is 1.03. The van der Waals surface area contributed by atoms with Crippen LogP contribution in [0.5, 0.6) is 5.75 Å². The molecule has 1 aromatic heterocycles. The second-order valence-corrected chi connectivity index (χ2v) is 6.24. The quantitative estimate of drug-likeness (QED) is 0.883. The van der Waals surface area contributed by atoms with Crippen LogP contribution in [0.4, 0.5) is 0 Å². The molecule has 0 unspecified atom stereocenters. The third-order valence-electron chi connectivity index (χ3n) is 3.65. The molecule has 2 aromatic rings. The number of likely N-dealkylation sites (tertiary alicyclic amines) is 1. The van der Waals surface area contributed by atoms with Crippen molar-refractivity contribution in [3.05, 3.63) is 29.1 Å². The van der Waals surface area contributed by atoms with E-state index in [1.807, 2.05) is 6.07 Å². The number of thiophene rings is 1. The molecule has 1 saturated heterocycles. The van der Waals surface area contributed by atoms with Crippen molar-refractivity contribution in [3.63, 3.8) is 0 Å². The first-order chi connectivity index (χ1) is 8.83. The molecule has 0 atom stereocenters. The zero-order chi connectivity index (χ0) is 12.4. The Labute approximate surface area is 112 Å². The molecule has 0 aliphatic carbocycles. The van der Waals surface area contributed by atoms with Crippen LogP contribution in [-0.2, 0) is 6.54 Å². The van der Waals surface area contributed by atoms with Crippen LogP contribution in [0.2, 0.25) is 0 Å². The molecular formula is C15H19NOS. The molecule has 0 spiro atoms. The predicted molar refractivity (Wildman–Crippen MR) is 77.2 cm³/mol. The van der Waals surface area contributed by atoms with Crippen molar-refractivity contribution < 1.29 is 5.11 Å². The molecule has 0 bridgehead atoms. The molecule has 3 rings (SSSR count). The summed E-state index contributed by atoms with van der Waals surface area (Å²) in [6.07, 6.45) is 5.42. The average molecular weight is 261 g/mol. The highest BCUT2D eigenvalue weighted by molar-refractivity contribution is 7.19. The first kappa shape index (κ1) is 12.0. The van der Waals surface area contributed by atoms with Gasteiger partial charge in [0, 0.05) is 11.4 Å². The van der Waals surface area contributed by atoms with Crippen LogP contribution in [0.1, 0.15) is 30.6 Å². The third kappa shape index (κ3) is 2.52. The van der Waals surface area contributed by atoms with Crippen molar-refractivity contribution in [3.8, 4) is 5.75 Å². The van der Waals surface area contributed by atoms with E-state index < -0.39 is 0 Å². The molecule has 1 fully saturated rings. The lowest BCUT2D eigenvalue weighted by Gasteiger charge is -2.18. The van der Waals surface area contributed by atoms with Crippen molar-refractivity contribution in [2.45, 2.75) is 32.2 Å². The lowest BCUT2D eigenvalue weighted by Crippen LogP contribution is -2.23. The molecule has 2 nitrogen and oxygen atoms in total. The summed E-state index contributed by atoms with van der Waals surface area (Å²) >= 11 is 1.73. The Bertz CT molecular complexity index is 526. The predicted octanol–water partition coefficient (Wildman–Crippen LogP) is 3.98. The van der Waals surface area contributed by atoms with Crippen molar-refractivity contribution in [1.82, 2.24) is 4.90 Å². The third-order valence-corrected chi connectivity index (χ3v) is 4.81. The molecule has 0 saturated carbocycles. The summed E-state index contributed by atoms with van der Waals surface area (Å²) in [6, 6.07) is 8.00. The van der Waals surface area contributed by atoms with E-state index in [4.69, 9.17) is 0 Å². The molecule has 1 N–H and O–H groups in total. The van der Waals surface area contributed by atoms with Gasteiger partial charge in [0.15, 0.2) is 0 Å². The summed E-state index contributed by atoms with van der Waals surface area (Å²) in [5, 5.41) is 11.0. The number of nitrogens with zero attached hydrogens (tertiary/aromatic N) is 1. The van der Waals surface area contributed by atoms with Gasteiger partial charge >= 0.3 is 0 Å². The van der Waals surface area contributed by atoms with Crippen LogP contribution < -0.4 is 0 Å². The van der Waals surface area contributed by atoms with Gasteiger partial charge in [-0.05, 0) is 43.5 Å². The van der Waals surface area contributed by atoms with Gasteiger partial charge in [0.05, 0.1) is 4.70 Å². The second kappa shape index (κ2) is 5.29. The molecular weight excluding hydrogens is 242 g/mol. The first-order valence-corrected chi connectivity index (χ1v) is 7.57. The highest BCUT2D eigenvalue weighted by atomic mass is 32.1. The van der Waals surface area contributed by atoms with Gasteiger partial charge in [0.25, 0.3) is 0 Å². The van der Waals surface area contributed by atoms with Gasteiger partial charge < -0.3 is 5.11 Å². The fraction of sp³-hybridized carbons (Fsp3) is 0.467. The number of rotatable bonds is 2. The second-order valence-electron chi connectivity index (χ2n) is 5.10. The van der Waals surface area contributed by atoms with Gasteiger partial charge in [0.1, 0.15) is 5.75 Å². The largest absolute Gasteiger partial charge is 0.506 e.